The predicted molar refractivity (Wildman–Crippen MR) is 164 cm³/mol. The molecule has 42 heavy (non-hydrogen) atoms. The number of rotatable bonds is 12. The smallest absolute Gasteiger partial charge is 0.258 e. The largest absolute Gasteiger partial charge is 0.352 e. The molecule has 0 fully saturated rings. The Balaban J connectivity index is 1.37. The maximum atomic E-state index is 13.9. The van der Waals surface area contributed by atoms with E-state index in [4.69, 9.17) is 0 Å². The second kappa shape index (κ2) is 13.0. The molecule has 7 heteroatoms. The third-order valence-electron chi connectivity index (χ3n) is 7.96. The second-order valence-electron chi connectivity index (χ2n) is 10.9. The molecule has 0 radical (unpaired) electrons. The van der Waals surface area contributed by atoms with E-state index in [1.807, 2.05) is 80.6 Å². The minimum absolute atomic E-state index is 0.0518. The van der Waals surface area contributed by atoms with Crippen molar-refractivity contribution < 1.29 is 18.8 Å². The molecule has 0 unspecified atom stereocenters. The third-order valence-corrected chi connectivity index (χ3v) is 7.96. The molecule has 1 N–H and O–H groups in total. The van der Waals surface area contributed by atoms with Crippen LogP contribution in [-0.4, -0.2) is 41.2 Å². The Morgan fingerprint density at radius 2 is 1.62 bits per heavy atom. The topological polar surface area (TPSA) is 69.7 Å². The fraction of sp³-hybridized carbons (Fsp3) is 0.286. The van der Waals surface area contributed by atoms with Gasteiger partial charge in [-0.25, -0.2) is 4.39 Å². The highest BCUT2D eigenvalue weighted by Gasteiger charge is 2.32. The monoisotopic (exact) mass is 565 g/mol. The summed E-state index contributed by atoms with van der Waals surface area (Å²) in [5.41, 5.74) is 3.21. The summed E-state index contributed by atoms with van der Waals surface area (Å²) in [4.78, 5) is 44.2. The van der Waals surface area contributed by atoms with E-state index in [1.54, 1.807) is 21.9 Å². The Morgan fingerprint density at radius 3 is 2.33 bits per heavy atom. The van der Waals surface area contributed by atoms with Crippen molar-refractivity contribution >= 4 is 34.2 Å². The van der Waals surface area contributed by atoms with Gasteiger partial charge in [-0.3, -0.25) is 14.4 Å². The first-order valence-electron chi connectivity index (χ1n) is 14.6. The van der Waals surface area contributed by atoms with Crippen LogP contribution < -0.4 is 10.2 Å². The molecule has 6 nitrogen and oxygen atoms in total. The van der Waals surface area contributed by atoms with Crippen LogP contribution in [0.5, 0.6) is 0 Å². The van der Waals surface area contributed by atoms with Crippen molar-refractivity contribution in [3.63, 3.8) is 0 Å². The zero-order valence-electron chi connectivity index (χ0n) is 24.1. The summed E-state index contributed by atoms with van der Waals surface area (Å²) in [6, 6.07) is 26.4. The van der Waals surface area contributed by atoms with Crippen LogP contribution in [0.3, 0.4) is 0 Å². The standard InChI is InChI=1S/C35H36FN3O3/c1-3-24(2)37-34(41)31(22-25-10-5-4-6-11-25)39(23-26-17-19-28(36)20-18-26)32(40)16-9-21-38-30-15-8-13-27-12-7-14-29(33(27)30)35(38)42/h4-8,10-15,17-20,24,31H,3,9,16,21-23H2,1-2H3,(H,37,41)/t24-,31-/m0/s1. The summed E-state index contributed by atoms with van der Waals surface area (Å²) >= 11 is 0. The van der Waals surface area contributed by atoms with Crippen LogP contribution in [0.2, 0.25) is 0 Å². The highest BCUT2D eigenvalue weighted by molar-refractivity contribution is 6.25. The normalized spacial score (nSPS) is 13.7. The van der Waals surface area contributed by atoms with Crippen molar-refractivity contribution in [2.24, 2.45) is 0 Å². The zero-order chi connectivity index (χ0) is 29.6. The van der Waals surface area contributed by atoms with Gasteiger partial charge in [0.15, 0.2) is 0 Å². The van der Waals surface area contributed by atoms with Gasteiger partial charge in [0.05, 0.1) is 5.69 Å². The van der Waals surface area contributed by atoms with Crippen LogP contribution in [0.1, 0.15) is 54.6 Å². The Kier molecular flexibility index (Phi) is 8.96. The van der Waals surface area contributed by atoms with E-state index in [1.165, 1.54) is 12.1 Å². The lowest BCUT2D eigenvalue weighted by Crippen LogP contribution is -2.52. The number of amides is 3. The van der Waals surface area contributed by atoms with Gasteiger partial charge in [0, 0.05) is 42.9 Å². The van der Waals surface area contributed by atoms with E-state index >= 15 is 0 Å². The van der Waals surface area contributed by atoms with Crippen LogP contribution >= 0.6 is 0 Å². The lowest BCUT2D eigenvalue weighted by atomic mass is 10.0. The van der Waals surface area contributed by atoms with Crippen LogP contribution in [-0.2, 0) is 22.6 Å². The van der Waals surface area contributed by atoms with Crippen LogP contribution in [0, 0.1) is 5.82 Å². The average Bonchev–Trinajstić information content (AvgIpc) is 3.28. The maximum Gasteiger partial charge on any atom is 0.258 e. The molecule has 3 amide bonds. The molecular formula is C35H36FN3O3. The molecule has 2 atom stereocenters. The molecular weight excluding hydrogens is 529 g/mol. The molecule has 1 aliphatic heterocycles. The van der Waals surface area contributed by atoms with Crippen molar-refractivity contribution in [3.8, 4) is 0 Å². The molecule has 0 spiro atoms. The lowest BCUT2D eigenvalue weighted by Gasteiger charge is -2.32. The van der Waals surface area contributed by atoms with E-state index < -0.39 is 6.04 Å². The molecule has 0 aliphatic carbocycles. The average molecular weight is 566 g/mol. The van der Waals surface area contributed by atoms with Crippen molar-refractivity contribution in [1.82, 2.24) is 10.2 Å². The molecule has 4 aromatic rings. The summed E-state index contributed by atoms with van der Waals surface area (Å²) in [6.07, 6.45) is 1.69. The Hall–Kier alpha value is -4.52. The minimum Gasteiger partial charge on any atom is -0.352 e. The molecule has 5 rings (SSSR count). The van der Waals surface area contributed by atoms with Crippen molar-refractivity contribution in [1.29, 1.82) is 0 Å². The van der Waals surface area contributed by atoms with Crippen molar-refractivity contribution in [3.05, 3.63) is 114 Å². The van der Waals surface area contributed by atoms with E-state index in [0.717, 1.165) is 34.0 Å². The molecule has 216 valence electrons. The number of carbonyl (C=O) groups excluding carboxylic acids is 3. The van der Waals surface area contributed by atoms with Gasteiger partial charge in [-0.05, 0) is 60.5 Å². The Labute approximate surface area is 246 Å². The number of nitrogens with zero attached hydrogens (tertiary/aromatic N) is 2. The first kappa shape index (κ1) is 29.0. The summed E-state index contributed by atoms with van der Waals surface area (Å²) in [5.74, 6) is -0.840. The van der Waals surface area contributed by atoms with E-state index in [-0.39, 0.29) is 42.5 Å². The van der Waals surface area contributed by atoms with Gasteiger partial charge in [0.25, 0.3) is 5.91 Å². The molecule has 0 aromatic heterocycles. The van der Waals surface area contributed by atoms with Gasteiger partial charge in [-0.15, -0.1) is 0 Å². The summed E-state index contributed by atoms with van der Waals surface area (Å²) in [7, 11) is 0. The molecule has 0 bridgehead atoms. The first-order chi connectivity index (χ1) is 20.4. The van der Waals surface area contributed by atoms with Crippen LogP contribution in [0.4, 0.5) is 10.1 Å². The number of carbonyl (C=O) groups is 3. The number of nitrogens with one attached hydrogen (secondary N) is 1. The number of halogens is 1. The first-order valence-corrected chi connectivity index (χ1v) is 14.6. The second-order valence-corrected chi connectivity index (χ2v) is 10.9. The molecule has 1 heterocycles. The fourth-order valence-electron chi connectivity index (χ4n) is 5.51. The zero-order valence-corrected chi connectivity index (χ0v) is 24.1. The van der Waals surface area contributed by atoms with E-state index in [2.05, 4.69) is 5.32 Å². The van der Waals surface area contributed by atoms with Gasteiger partial charge < -0.3 is 15.1 Å². The van der Waals surface area contributed by atoms with E-state index in [9.17, 15) is 18.8 Å². The summed E-state index contributed by atoms with van der Waals surface area (Å²) in [6.45, 7) is 4.48. The van der Waals surface area contributed by atoms with E-state index in [0.29, 0.717) is 24.9 Å². The lowest BCUT2D eigenvalue weighted by molar-refractivity contribution is -0.141. The third kappa shape index (κ3) is 6.35. The van der Waals surface area contributed by atoms with Crippen LogP contribution in [0.15, 0.2) is 91.0 Å². The van der Waals surface area contributed by atoms with Crippen molar-refractivity contribution in [2.45, 2.75) is 58.2 Å². The van der Waals surface area contributed by atoms with Crippen molar-refractivity contribution in [2.75, 3.05) is 11.4 Å². The number of hydrogen-bond acceptors (Lipinski definition) is 3. The van der Waals surface area contributed by atoms with Gasteiger partial charge in [0.2, 0.25) is 11.8 Å². The quantitative estimate of drug-likeness (QED) is 0.220. The molecule has 0 saturated heterocycles. The minimum atomic E-state index is -0.759. The highest BCUT2D eigenvalue weighted by atomic mass is 19.1. The van der Waals surface area contributed by atoms with Gasteiger partial charge in [-0.2, -0.15) is 0 Å². The van der Waals surface area contributed by atoms with Gasteiger partial charge >= 0.3 is 0 Å². The Morgan fingerprint density at radius 1 is 0.905 bits per heavy atom. The summed E-state index contributed by atoms with van der Waals surface area (Å²) in [5, 5.41) is 5.02. The van der Waals surface area contributed by atoms with Gasteiger partial charge in [-0.1, -0.05) is 73.7 Å². The SMILES string of the molecule is CC[C@H](C)NC(=O)[C@H](Cc1ccccc1)N(Cc1ccc(F)cc1)C(=O)CCCN1C(=O)c2cccc3cccc1c23. The number of anilines is 1. The number of hydrogen-bond donors (Lipinski definition) is 1. The number of benzene rings is 4. The Bertz CT molecular complexity index is 1570. The van der Waals surface area contributed by atoms with Gasteiger partial charge in [0.1, 0.15) is 11.9 Å². The maximum absolute atomic E-state index is 13.9. The van der Waals surface area contributed by atoms with Crippen LogP contribution in [0.25, 0.3) is 10.8 Å². The summed E-state index contributed by atoms with van der Waals surface area (Å²) < 4.78 is 13.7. The predicted octanol–water partition coefficient (Wildman–Crippen LogP) is 6.27. The molecule has 0 saturated carbocycles. The molecule has 1 aliphatic rings. The highest BCUT2D eigenvalue weighted by Crippen LogP contribution is 2.37. The fourth-order valence-corrected chi connectivity index (χ4v) is 5.51. The molecule has 4 aromatic carbocycles.